The fraction of sp³-hybridized carbons (Fsp3) is 0.600. The first-order valence-electron chi connectivity index (χ1n) is 9.61. The maximum atomic E-state index is 12.6. The van der Waals surface area contributed by atoms with E-state index in [1.165, 1.54) is 0 Å². The number of ether oxygens (including phenoxy) is 1. The summed E-state index contributed by atoms with van der Waals surface area (Å²) in [6.07, 6.45) is 3.32. The molecule has 7 heteroatoms. The number of nitrogens with two attached hydrogens (primary N) is 1. The molecule has 1 aromatic carbocycles. The zero-order valence-corrected chi connectivity index (χ0v) is 16.5. The van der Waals surface area contributed by atoms with Gasteiger partial charge in [-0.25, -0.2) is 4.79 Å². The van der Waals surface area contributed by atoms with Crippen LogP contribution >= 0.6 is 0 Å². The first-order valence-corrected chi connectivity index (χ1v) is 9.61. The van der Waals surface area contributed by atoms with Crippen LogP contribution in [0.3, 0.4) is 0 Å². The molecule has 1 heterocycles. The molecule has 0 saturated carbocycles. The summed E-state index contributed by atoms with van der Waals surface area (Å²) in [5.74, 6) is -0.153. The van der Waals surface area contributed by atoms with E-state index in [2.05, 4.69) is 16.0 Å². The molecule has 2 amide bonds. The van der Waals surface area contributed by atoms with Gasteiger partial charge in [0.2, 0.25) is 5.91 Å². The average Bonchev–Trinajstić information content (AvgIpc) is 2.59. The van der Waals surface area contributed by atoms with E-state index >= 15 is 0 Å². The Balaban J connectivity index is 2.10. The van der Waals surface area contributed by atoms with Crippen LogP contribution in [0.15, 0.2) is 24.3 Å². The first-order chi connectivity index (χ1) is 12.7. The molecular formula is C20H32N4O3. The molecule has 0 aromatic heterocycles. The largest absolute Gasteiger partial charge is 0.444 e. The van der Waals surface area contributed by atoms with Gasteiger partial charge in [0.1, 0.15) is 11.6 Å². The van der Waals surface area contributed by atoms with Gasteiger partial charge in [-0.05, 0) is 51.3 Å². The summed E-state index contributed by atoms with van der Waals surface area (Å²) >= 11 is 0. The van der Waals surface area contributed by atoms with E-state index in [0.717, 1.165) is 36.9 Å². The van der Waals surface area contributed by atoms with Crippen molar-refractivity contribution < 1.29 is 14.3 Å². The molecule has 1 aliphatic heterocycles. The molecule has 0 radical (unpaired) electrons. The lowest BCUT2D eigenvalue weighted by Crippen LogP contribution is -2.48. The van der Waals surface area contributed by atoms with Crippen LogP contribution in [-0.2, 0) is 9.53 Å². The zero-order chi connectivity index (χ0) is 19.9. The van der Waals surface area contributed by atoms with Crippen molar-refractivity contribution in [3.05, 3.63) is 29.8 Å². The van der Waals surface area contributed by atoms with E-state index in [9.17, 15) is 9.59 Å². The van der Waals surface area contributed by atoms with E-state index in [1.807, 2.05) is 24.3 Å². The van der Waals surface area contributed by atoms with Crippen molar-refractivity contribution in [2.75, 3.05) is 18.4 Å². The smallest absolute Gasteiger partial charge is 0.407 e. The number of carbonyl (C=O) groups excluding carboxylic acids is 2. The Morgan fingerprint density at radius 2 is 2.07 bits per heavy atom. The third-order valence-corrected chi connectivity index (χ3v) is 4.31. The average molecular weight is 377 g/mol. The lowest BCUT2D eigenvalue weighted by atomic mass is 10.0. The van der Waals surface area contributed by atoms with E-state index in [4.69, 9.17) is 10.5 Å². The number of carbonyl (C=O) groups is 2. The molecule has 7 nitrogen and oxygen atoms in total. The molecule has 0 spiro atoms. The number of hydrogen-bond acceptors (Lipinski definition) is 5. The summed E-state index contributed by atoms with van der Waals surface area (Å²) in [4.78, 5) is 24.5. The van der Waals surface area contributed by atoms with E-state index in [-0.39, 0.29) is 18.5 Å². The number of nitrogens with one attached hydrogen (secondary N) is 3. The fourth-order valence-electron chi connectivity index (χ4n) is 2.94. The minimum absolute atomic E-state index is 0.0190. The van der Waals surface area contributed by atoms with Crippen molar-refractivity contribution in [2.45, 2.75) is 64.1 Å². The van der Waals surface area contributed by atoms with Crippen molar-refractivity contribution in [2.24, 2.45) is 5.73 Å². The molecule has 0 unspecified atom stereocenters. The molecule has 0 saturated heterocycles. The number of hydrogen-bond donors (Lipinski definition) is 4. The van der Waals surface area contributed by atoms with Gasteiger partial charge in [0.15, 0.2) is 0 Å². The minimum atomic E-state index is -0.607. The topological polar surface area (TPSA) is 105 Å². The van der Waals surface area contributed by atoms with Crippen LogP contribution in [-0.4, -0.2) is 36.7 Å². The standard InChI is InChI=1S/C20H32N4O3/c1-20(2,3)27-19(26)23-13-17-18(25)22-11-6-4-5-10-16(21)14-8-7-9-15(12-14)24-17/h7-9,12,16-17,24H,4-6,10-11,13,21H2,1-3H3,(H,22,25)(H,23,26)/t16-,17+/m0/s1. The highest BCUT2D eigenvalue weighted by atomic mass is 16.6. The summed E-state index contributed by atoms with van der Waals surface area (Å²) in [7, 11) is 0. The molecule has 1 aromatic rings. The van der Waals surface area contributed by atoms with Crippen molar-refractivity contribution in [3.8, 4) is 0 Å². The highest BCUT2D eigenvalue weighted by Gasteiger charge is 2.22. The lowest BCUT2D eigenvalue weighted by Gasteiger charge is -2.23. The Labute approximate surface area is 161 Å². The van der Waals surface area contributed by atoms with Crippen LogP contribution in [0.5, 0.6) is 0 Å². The second-order valence-electron chi connectivity index (χ2n) is 7.95. The minimum Gasteiger partial charge on any atom is -0.444 e. The molecule has 5 N–H and O–H groups in total. The highest BCUT2D eigenvalue weighted by molar-refractivity contribution is 5.85. The molecule has 150 valence electrons. The summed E-state index contributed by atoms with van der Waals surface area (Å²) in [5.41, 5.74) is 7.54. The zero-order valence-electron chi connectivity index (χ0n) is 16.5. The van der Waals surface area contributed by atoms with Gasteiger partial charge >= 0.3 is 6.09 Å². The summed E-state index contributed by atoms with van der Waals surface area (Å²) in [6, 6.07) is 7.16. The van der Waals surface area contributed by atoms with Crippen LogP contribution in [0.4, 0.5) is 10.5 Å². The number of fused-ring (bicyclic) bond motifs is 2. The second kappa shape index (κ2) is 9.60. The maximum absolute atomic E-state index is 12.6. The number of rotatable bonds is 2. The van der Waals surface area contributed by atoms with Gasteiger partial charge < -0.3 is 26.4 Å². The van der Waals surface area contributed by atoms with Gasteiger partial charge in [0.05, 0.1) is 6.54 Å². The molecular weight excluding hydrogens is 344 g/mol. The van der Waals surface area contributed by atoms with Crippen molar-refractivity contribution >= 4 is 17.7 Å². The van der Waals surface area contributed by atoms with Gasteiger partial charge in [0, 0.05) is 18.3 Å². The number of benzene rings is 1. The van der Waals surface area contributed by atoms with Gasteiger partial charge in [0.25, 0.3) is 0 Å². The second-order valence-corrected chi connectivity index (χ2v) is 7.95. The Hall–Kier alpha value is -2.28. The van der Waals surface area contributed by atoms with E-state index in [0.29, 0.717) is 6.54 Å². The number of alkyl carbamates (subject to hydrolysis) is 1. The lowest BCUT2D eigenvalue weighted by molar-refractivity contribution is -0.121. The summed E-state index contributed by atoms with van der Waals surface area (Å²) in [5, 5.41) is 8.82. The third-order valence-electron chi connectivity index (χ3n) is 4.31. The number of amides is 2. The van der Waals surface area contributed by atoms with Crippen LogP contribution in [0.25, 0.3) is 0 Å². The van der Waals surface area contributed by atoms with Crippen molar-refractivity contribution in [1.82, 2.24) is 10.6 Å². The van der Waals surface area contributed by atoms with E-state index in [1.54, 1.807) is 20.8 Å². The van der Waals surface area contributed by atoms with Crippen LogP contribution in [0.2, 0.25) is 0 Å². The maximum Gasteiger partial charge on any atom is 0.407 e. The normalized spacial score (nSPS) is 21.6. The summed E-state index contributed by atoms with van der Waals surface area (Å²) < 4.78 is 5.25. The molecule has 2 bridgehead atoms. The highest BCUT2D eigenvalue weighted by Crippen LogP contribution is 2.21. The van der Waals surface area contributed by atoms with Crippen molar-refractivity contribution in [3.63, 3.8) is 0 Å². The molecule has 0 aliphatic carbocycles. The first kappa shape index (κ1) is 21.0. The third kappa shape index (κ3) is 7.46. The predicted octanol–water partition coefficient (Wildman–Crippen LogP) is 2.68. The van der Waals surface area contributed by atoms with Gasteiger partial charge in [-0.15, -0.1) is 0 Å². The Morgan fingerprint density at radius 1 is 1.30 bits per heavy atom. The van der Waals surface area contributed by atoms with E-state index < -0.39 is 17.7 Å². The van der Waals surface area contributed by atoms with Gasteiger partial charge in [-0.3, -0.25) is 4.79 Å². The van der Waals surface area contributed by atoms with Crippen LogP contribution in [0.1, 0.15) is 58.1 Å². The molecule has 1 aliphatic rings. The van der Waals surface area contributed by atoms with Gasteiger partial charge in [-0.2, -0.15) is 0 Å². The molecule has 27 heavy (non-hydrogen) atoms. The summed E-state index contributed by atoms with van der Waals surface area (Å²) in [6.45, 7) is 6.12. The molecule has 2 atom stereocenters. The van der Waals surface area contributed by atoms with Crippen molar-refractivity contribution in [1.29, 1.82) is 0 Å². The number of anilines is 1. The molecule has 2 rings (SSSR count). The fourth-order valence-corrected chi connectivity index (χ4v) is 2.94. The van der Waals surface area contributed by atoms with Crippen LogP contribution < -0.4 is 21.7 Å². The monoisotopic (exact) mass is 376 g/mol. The predicted molar refractivity (Wildman–Crippen MR) is 106 cm³/mol. The molecule has 0 fully saturated rings. The Kier molecular flexibility index (Phi) is 7.47. The SMILES string of the molecule is CC(C)(C)OC(=O)NC[C@H]1Nc2cccc(c2)[C@@H](N)CCCCCNC1=O. The van der Waals surface area contributed by atoms with Crippen LogP contribution in [0, 0.1) is 0 Å². The Bertz CT molecular complexity index is 642. The Morgan fingerprint density at radius 3 is 2.81 bits per heavy atom. The van der Waals surface area contributed by atoms with Gasteiger partial charge in [-0.1, -0.05) is 25.0 Å². The quantitative estimate of drug-likeness (QED) is 0.635.